The zero-order chi connectivity index (χ0) is 21.8. The monoisotopic (exact) mass is 520 g/mol. The van der Waals surface area contributed by atoms with Crippen LogP contribution in [-0.4, -0.2) is 58.4 Å². The molecule has 0 amide bonds. The van der Waals surface area contributed by atoms with Gasteiger partial charge < -0.3 is 10.3 Å². The van der Waals surface area contributed by atoms with Crippen molar-refractivity contribution in [2.75, 3.05) is 13.2 Å². The van der Waals surface area contributed by atoms with Crippen molar-refractivity contribution in [3.05, 3.63) is 11.8 Å². The number of unbranched alkanes of at least 4 members (excludes halogenated alkanes) is 4. The van der Waals surface area contributed by atoms with E-state index < -0.39 is 18.4 Å². The Balaban J connectivity index is 0.000000956. The minimum Gasteiger partial charge on any atom is -0.411 e. The van der Waals surface area contributed by atoms with Gasteiger partial charge in [-0.15, -0.1) is 5.16 Å². The normalized spacial score (nSPS) is 11.6. The van der Waals surface area contributed by atoms with E-state index in [0.29, 0.717) is 12.8 Å². The van der Waals surface area contributed by atoms with E-state index in [-0.39, 0.29) is 13.2 Å². The third-order valence-electron chi connectivity index (χ3n) is 5.27. The predicted molar refractivity (Wildman–Crippen MR) is 123 cm³/mol. The number of hydrogen-bond donors (Lipinski definition) is 3. The first-order chi connectivity index (χ1) is 14.1. The number of hydrogen-bond acceptors (Lipinski definition) is 6. The maximum Gasteiger partial charge on any atom is 0.0436 e. The Morgan fingerprint density at radius 3 is 1.93 bits per heavy atom. The molecule has 1 aromatic rings. The molecular weight excluding hydrogens is 475 g/mol. The third kappa shape index (κ3) is 12.6. The van der Waals surface area contributed by atoms with Crippen LogP contribution in [0, 0.1) is 0 Å². The van der Waals surface area contributed by atoms with E-state index >= 15 is 0 Å². The van der Waals surface area contributed by atoms with Crippen molar-refractivity contribution in [2.24, 2.45) is 5.16 Å². The summed E-state index contributed by atoms with van der Waals surface area (Å²) >= 11 is -2.42. The molecule has 7 heteroatoms. The Hall–Kier alpha value is -0.601. The molecule has 0 spiro atoms. The number of aliphatic hydroxyl groups excluding tert-OH is 2. The topological polar surface area (TPSA) is 99.1 Å². The zero-order valence-electron chi connectivity index (χ0n) is 18.9. The molecule has 0 atom stereocenters. The van der Waals surface area contributed by atoms with Crippen LogP contribution in [0.1, 0.15) is 84.3 Å². The van der Waals surface area contributed by atoms with Gasteiger partial charge in [-0.3, -0.25) is 0 Å². The van der Waals surface area contributed by atoms with Crippen molar-refractivity contribution in [3.63, 3.8) is 0 Å². The molecule has 0 aliphatic carbocycles. The van der Waals surface area contributed by atoms with Crippen molar-refractivity contribution in [1.29, 1.82) is 0 Å². The quantitative estimate of drug-likeness (QED) is 0.0952. The number of nitrogens with zero attached hydrogens (tertiary/aromatic N) is 2. The molecule has 1 heterocycles. The average Bonchev–Trinajstić information content (AvgIpc) is 3.22. The number of aryl methyl sites for hydroxylation is 1. The second-order valence-electron chi connectivity index (χ2n) is 7.76. The third-order valence-corrected chi connectivity index (χ3v) is 20.2. The van der Waals surface area contributed by atoms with Gasteiger partial charge >= 0.3 is 141 Å². The van der Waals surface area contributed by atoms with E-state index in [4.69, 9.17) is 19.9 Å². The van der Waals surface area contributed by atoms with E-state index in [0.717, 1.165) is 18.5 Å². The summed E-state index contributed by atoms with van der Waals surface area (Å²) in [5.41, 5.74) is 1.05. The van der Waals surface area contributed by atoms with Crippen LogP contribution in [0.3, 0.4) is 0 Å². The number of oxime groups is 1. The van der Waals surface area contributed by atoms with Crippen LogP contribution in [0.15, 0.2) is 15.7 Å². The molecule has 0 saturated heterocycles. The fourth-order valence-corrected chi connectivity index (χ4v) is 18.6. The van der Waals surface area contributed by atoms with E-state index in [1.54, 1.807) is 0 Å². The van der Waals surface area contributed by atoms with Crippen molar-refractivity contribution in [1.82, 2.24) is 5.16 Å². The summed E-state index contributed by atoms with van der Waals surface area (Å²) in [6, 6.07) is 2.26. The molecule has 3 N–H and O–H groups in total. The Morgan fingerprint density at radius 1 is 0.931 bits per heavy atom. The molecule has 1 aromatic heterocycles. The number of aromatic nitrogens is 1. The summed E-state index contributed by atoms with van der Waals surface area (Å²) in [6.07, 6.45) is 12.2. The smallest absolute Gasteiger partial charge is 0.0436 e. The van der Waals surface area contributed by atoms with Gasteiger partial charge in [-0.25, -0.2) is 0 Å². The van der Waals surface area contributed by atoms with Gasteiger partial charge in [0, 0.05) is 12.8 Å². The molecule has 6 nitrogen and oxygen atoms in total. The maximum absolute atomic E-state index is 9.00. The molecule has 0 aliphatic heterocycles. The first-order valence-electron chi connectivity index (χ1n) is 11.5. The summed E-state index contributed by atoms with van der Waals surface area (Å²) < 4.78 is 11.4. The molecule has 0 unspecified atom stereocenters. The van der Waals surface area contributed by atoms with Gasteiger partial charge in [-0.2, -0.15) is 0 Å². The van der Waals surface area contributed by atoms with Gasteiger partial charge in [-0.1, -0.05) is 0 Å². The van der Waals surface area contributed by atoms with Crippen LogP contribution >= 0.6 is 0 Å². The summed E-state index contributed by atoms with van der Waals surface area (Å²) in [4.78, 5) is 0. The molecular formula is C22H44N2O4Sn. The van der Waals surface area contributed by atoms with Crippen LogP contribution in [0.4, 0.5) is 0 Å². The van der Waals surface area contributed by atoms with Gasteiger partial charge in [0.2, 0.25) is 0 Å². The van der Waals surface area contributed by atoms with Crippen LogP contribution in [0.2, 0.25) is 13.3 Å². The predicted octanol–water partition coefficient (Wildman–Crippen LogP) is 4.87. The molecule has 1 rings (SSSR count). The van der Waals surface area contributed by atoms with Crippen molar-refractivity contribution in [3.8, 4) is 0 Å². The van der Waals surface area contributed by atoms with E-state index in [9.17, 15) is 0 Å². The Labute approximate surface area is 181 Å². The van der Waals surface area contributed by atoms with Gasteiger partial charge in [0.25, 0.3) is 0 Å². The number of aliphatic hydroxyl groups is 2. The molecule has 0 aromatic carbocycles. The number of rotatable bonds is 16. The average molecular weight is 519 g/mol. The van der Waals surface area contributed by atoms with Gasteiger partial charge in [-0.05, 0) is 12.8 Å². The minimum absolute atomic E-state index is 0.159. The summed E-state index contributed by atoms with van der Waals surface area (Å²) in [5, 5.41) is 32.0. The molecule has 29 heavy (non-hydrogen) atoms. The fraction of sp³-hybridized carbons (Fsp3) is 0.818. The van der Waals surface area contributed by atoms with Gasteiger partial charge in [0.15, 0.2) is 0 Å². The summed E-state index contributed by atoms with van der Waals surface area (Å²) in [6.45, 7) is 7.28. The molecule has 0 radical (unpaired) electrons. The van der Waals surface area contributed by atoms with Crippen LogP contribution in [0.5, 0.6) is 0 Å². The van der Waals surface area contributed by atoms with E-state index in [2.05, 4.69) is 37.1 Å². The summed E-state index contributed by atoms with van der Waals surface area (Å²) in [5.74, 6) is 0. The van der Waals surface area contributed by atoms with Crippen molar-refractivity contribution < 1.29 is 19.9 Å². The Bertz CT molecular complexity index is 487. The molecule has 0 saturated carbocycles. The molecule has 170 valence electrons. The van der Waals surface area contributed by atoms with Crippen LogP contribution < -0.4 is 3.78 Å². The van der Waals surface area contributed by atoms with E-state index in [1.807, 2.05) is 0 Å². The van der Waals surface area contributed by atoms with Crippen molar-refractivity contribution in [2.45, 2.75) is 98.3 Å². The second kappa shape index (κ2) is 19.4. The Kier molecular flexibility index (Phi) is 19.0. The largest absolute Gasteiger partial charge is 0.411 e. The van der Waals surface area contributed by atoms with Crippen molar-refractivity contribution >= 4 is 28.4 Å². The minimum atomic E-state index is -2.42. The molecule has 0 aliphatic rings. The fourth-order valence-electron chi connectivity index (χ4n) is 3.47. The first kappa shape index (κ1) is 28.4. The molecule has 0 bridgehead atoms. The SMILES string of the molecule is CCC[CH2][Sn]([CH2]CCC)([CH2]CCC)[c]1cc(CCCO)no1.OCCCC=NO. The molecule has 0 fully saturated rings. The first-order valence-corrected chi connectivity index (χ1v) is 19.0. The zero-order valence-corrected chi connectivity index (χ0v) is 21.8. The maximum atomic E-state index is 9.00. The Morgan fingerprint density at radius 2 is 1.48 bits per heavy atom. The summed E-state index contributed by atoms with van der Waals surface area (Å²) in [7, 11) is 0. The van der Waals surface area contributed by atoms with Gasteiger partial charge in [0.05, 0.1) is 0 Å². The van der Waals surface area contributed by atoms with Crippen LogP contribution in [0.25, 0.3) is 0 Å². The second-order valence-corrected chi connectivity index (χ2v) is 20.8. The standard InChI is InChI=1S/C6H8NO2.C4H9NO2.3C4H9.Sn/c8-4-1-2-6-3-5-9-7-6;6-4-2-1-3-5-7;3*1-3-4-2;/h3,8H,1-2,4H2;3,6-7H,1-2,4H2;3*1,3-4H2,2H3;. The van der Waals surface area contributed by atoms with E-state index in [1.165, 1.54) is 61.8 Å². The van der Waals surface area contributed by atoms with Crippen LogP contribution in [-0.2, 0) is 6.42 Å². The van der Waals surface area contributed by atoms with Gasteiger partial charge in [0.1, 0.15) is 0 Å².